The Hall–Kier alpha value is -3.01. The Labute approximate surface area is 160 Å². The second-order valence-corrected chi connectivity index (χ2v) is 7.49. The van der Waals surface area contributed by atoms with Crippen LogP contribution in [0.25, 0.3) is 5.69 Å². The van der Waals surface area contributed by atoms with Gasteiger partial charge in [-0.05, 0) is 48.2 Å². The Morgan fingerprint density at radius 1 is 1.04 bits per heavy atom. The van der Waals surface area contributed by atoms with Gasteiger partial charge in [-0.25, -0.2) is 4.79 Å². The molecule has 4 heteroatoms. The van der Waals surface area contributed by atoms with E-state index in [4.69, 9.17) is 0 Å². The predicted molar refractivity (Wildman–Crippen MR) is 109 cm³/mol. The lowest BCUT2D eigenvalue weighted by atomic mass is 9.99. The molecule has 0 saturated carbocycles. The van der Waals surface area contributed by atoms with Gasteiger partial charge in [0.1, 0.15) is 0 Å². The fraction of sp³-hybridized carbons (Fsp3) is 0.261. The highest BCUT2D eigenvalue weighted by atomic mass is 16.2. The molecule has 1 N–H and O–H groups in total. The number of hydrogen-bond acceptors (Lipinski definition) is 1. The molecule has 1 aliphatic heterocycles. The van der Waals surface area contributed by atoms with Gasteiger partial charge in [-0.1, -0.05) is 50.2 Å². The molecule has 1 unspecified atom stereocenters. The van der Waals surface area contributed by atoms with Gasteiger partial charge < -0.3 is 14.8 Å². The van der Waals surface area contributed by atoms with Crippen LogP contribution in [0.5, 0.6) is 0 Å². The van der Waals surface area contributed by atoms with Gasteiger partial charge in [0, 0.05) is 17.6 Å². The number of anilines is 1. The zero-order valence-corrected chi connectivity index (χ0v) is 16.0. The van der Waals surface area contributed by atoms with Gasteiger partial charge >= 0.3 is 6.03 Å². The van der Waals surface area contributed by atoms with E-state index in [1.54, 1.807) is 0 Å². The summed E-state index contributed by atoms with van der Waals surface area (Å²) >= 11 is 0. The number of fused-ring (bicyclic) bond motifs is 3. The monoisotopic (exact) mass is 359 g/mol. The van der Waals surface area contributed by atoms with Crippen LogP contribution in [0.15, 0.2) is 66.9 Å². The van der Waals surface area contributed by atoms with E-state index in [0.717, 1.165) is 28.2 Å². The van der Waals surface area contributed by atoms with Crippen LogP contribution in [0.2, 0.25) is 0 Å². The Morgan fingerprint density at radius 2 is 1.78 bits per heavy atom. The van der Waals surface area contributed by atoms with Crippen LogP contribution in [0.1, 0.15) is 36.7 Å². The number of aryl methyl sites for hydroxylation is 1. The van der Waals surface area contributed by atoms with E-state index < -0.39 is 0 Å². The maximum Gasteiger partial charge on any atom is 0.322 e. The van der Waals surface area contributed by atoms with Crippen LogP contribution in [0.4, 0.5) is 10.5 Å². The van der Waals surface area contributed by atoms with Crippen LogP contribution in [-0.4, -0.2) is 15.5 Å². The molecule has 27 heavy (non-hydrogen) atoms. The number of carbonyl (C=O) groups is 1. The van der Waals surface area contributed by atoms with Crippen LogP contribution < -0.4 is 5.32 Å². The number of urea groups is 1. The lowest BCUT2D eigenvalue weighted by Crippen LogP contribution is -2.39. The first-order valence-electron chi connectivity index (χ1n) is 9.45. The number of rotatable bonds is 2. The summed E-state index contributed by atoms with van der Waals surface area (Å²) in [5.74, 6) is 0.288. The minimum absolute atomic E-state index is 0.00332. The third-order valence-corrected chi connectivity index (χ3v) is 5.29. The van der Waals surface area contributed by atoms with Crippen molar-refractivity contribution in [3.8, 4) is 5.69 Å². The van der Waals surface area contributed by atoms with Gasteiger partial charge in [0.2, 0.25) is 0 Å². The minimum atomic E-state index is -0.0625. The Kier molecular flexibility index (Phi) is 4.48. The molecular weight excluding hydrogens is 334 g/mol. The lowest BCUT2D eigenvalue weighted by Gasteiger charge is -2.33. The van der Waals surface area contributed by atoms with Gasteiger partial charge in [-0.3, -0.25) is 0 Å². The molecule has 0 saturated heterocycles. The summed E-state index contributed by atoms with van der Waals surface area (Å²) in [5, 5.41) is 3.12. The molecule has 4 rings (SSSR count). The molecule has 2 aromatic carbocycles. The molecule has 0 bridgehead atoms. The maximum atomic E-state index is 13.3. The SMILES string of the molecule is Cc1ccccc1NC(=O)N1Cc2ccccc2-n2cccc2C1C(C)C. The molecular formula is C23H25N3O. The van der Waals surface area contributed by atoms with Crippen molar-refractivity contribution in [1.29, 1.82) is 0 Å². The first-order chi connectivity index (χ1) is 13.1. The quantitative estimate of drug-likeness (QED) is 0.642. The summed E-state index contributed by atoms with van der Waals surface area (Å²) in [5.41, 5.74) is 5.37. The van der Waals surface area contributed by atoms with E-state index in [0.29, 0.717) is 6.54 Å². The van der Waals surface area contributed by atoms with E-state index in [2.05, 4.69) is 60.3 Å². The molecule has 0 aliphatic carbocycles. The van der Waals surface area contributed by atoms with Gasteiger partial charge in [0.25, 0.3) is 0 Å². The average molecular weight is 359 g/mol. The van der Waals surface area contributed by atoms with E-state index in [1.807, 2.05) is 42.2 Å². The van der Waals surface area contributed by atoms with E-state index in [-0.39, 0.29) is 18.0 Å². The largest absolute Gasteiger partial charge is 0.322 e. The van der Waals surface area contributed by atoms with Crippen molar-refractivity contribution in [2.45, 2.75) is 33.4 Å². The van der Waals surface area contributed by atoms with Crippen LogP contribution >= 0.6 is 0 Å². The lowest BCUT2D eigenvalue weighted by molar-refractivity contribution is 0.162. The molecule has 2 amide bonds. The average Bonchev–Trinajstić information content (AvgIpc) is 3.07. The van der Waals surface area contributed by atoms with Crippen molar-refractivity contribution >= 4 is 11.7 Å². The highest BCUT2D eigenvalue weighted by molar-refractivity contribution is 5.90. The van der Waals surface area contributed by atoms with Crippen molar-refractivity contribution in [2.24, 2.45) is 5.92 Å². The van der Waals surface area contributed by atoms with Crippen LogP contribution in [0.3, 0.4) is 0 Å². The molecule has 1 atom stereocenters. The van der Waals surface area contributed by atoms with Gasteiger partial charge in [-0.2, -0.15) is 0 Å². The van der Waals surface area contributed by atoms with Gasteiger partial charge in [0.05, 0.1) is 18.3 Å². The number of hydrogen-bond donors (Lipinski definition) is 1. The summed E-state index contributed by atoms with van der Waals surface area (Å²) in [7, 11) is 0. The summed E-state index contributed by atoms with van der Waals surface area (Å²) in [6.45, 7) is 6.94. The number of benzene rings is 2. The number of nitrogens with zero attached hydrogens (tertiary/aromatic N) is 2. The van der Waals surface area contributed by atoms with E-state index in [1.165, 1.54) is 0 Å². The van der Waals surface area contributed by atoms with Crippen LogP contribution in [0, 0.1) is 12.8 Å². The fourth-order valence-corrected chi connectivity index (χ4v) is 3.98. The molecule has 0 spiro atoms. The first kappa shape index (κ1) is 17.4. The third kappa shape index (κ3) is 3.12. The van der Waals surface area contributed by atoms with Crippen molar-refractivity contribution in [3.63, 3.8) is 0 Å². The summed E-state index contributed by atoms with van der Waals surface area (Å²) < 4.78 is 2.22. The molecule has 4 nitrogen and oxygen atoms in total. The van der Waals surface area contributed by atoms with Crippen molar-refractivity contribution in [1.82, 2.24) is 9.47 Å². The van der Waals surface area contributed by atoms with Crippen LogP contribution in [-0.2, 0) is 6.54 Å². The number of para-hydroxylation sites is 2. The Balaban J connectivity index is 1.77. The van der Waals surface area contributed by atoms with Gasteiger partial charge in [-0.15, -0.1) is 0 Å². The topological polar surface area (TPSA) is 37.3 Å². The molecule has 0 fully saturated rings. The summed E-state index contributed by atoms with van der Waals surface area (Å²) in [6.07, 6.45) is 2.09. The molecule has 2 heterocycles. The molecule has 3 aromatic rings. The molecule has 0 radical (unpaired) electrons. The summed E-state index contributed by atoms with van der Waals surface area (Å²) in [6, 6.07) is 20.3. The van der Waals surface area contributed by atoms with E-state index >= 15 is 0 Å². The third-order valence-electron chi connectivity index (χ3n) is 5.29. The second kappa shape index (κ2) is 6.95. The zero-order valence-electron chi connectivity index (χ0n) is 16.0. The molecule has 1 aromatic heterocycles. The smallest absolute Gasteiger partial charge is 0.318 e. The van der Waals surface area contributed by atoms with E-state index in [9.17, 15) is 4.79 Å². The van der Waals surface area contributed by atoms with Crippen molar-refractivity contribution < 1.29 is 4.79 Å². The normalized spacial score (nSPS) is 15.9. The predicted octanol–water partition coefficient (Wildman–Crippen LogP) is 5.53. The summed E-state index contributed by atoms with van der Waals surface area (Å²) in [4.78, 5) is 15.3. The van der Waals surface area contributed by atoms with Crippen molar-refractivity contribution in [2.75, 3.05) is 5.32 Å². The number of carbonyl (C=O) groups excluding carboxylic acids is 1. The molecule has 1 aliphatic rings. The Bertz CT molecular complexity index is 973. The highest BCUT2D eigenvalue weighted by Crippen LogP contribution is 2.36. The van der Waals surface area contributed by atoms with Crippen molar-refractivity contribution in [3.05, 3.63) is 83.7 Å². The Morgan fingerprint density at radius 3 is 2.56 bits per heavy atom. The number of amides is 2. The maximum absolute atomic E-state index is 13.3. The molecule has 138 valence electrons. The standard InChI is InChI=1S/C23H25N3O/c1-16(2)22-21-13-8-14-25(21)20-12-7-5-10-18(20)15-26(22)23(27)24-19-11-6-4-9-17(19)3/h4-14,16,22H,15H2,1-3H3,(H,24,27). The fourth-order valence-electron chi connectivity index (χ4n) is 3.98. The zero-order chi connectivity index (χ0) is 19.0. The number of nitrogens with one attached hydrogen (secondary N) is 1. The highest BCUT2D eigenvalue weighted by Gasteiger charge is 2.33. The van der Waals surface area contributed by atoms with Gasteiger partial charge in [0.15, 0.2) is 0 Å². The second-order valence-electron chi connectivity index (χ2n) is 7.49. The minimum Gasteiger partial charge on any atom is -0.318 e. The first-order valence-corrected chi connectivity index (χ1v) is 9.45. The number of aromatic nitrogens is 1.